The SMILES string of the molecule is CC/C=C\C/C=C\C/C=C\C/C=C\C/C=C\C/C=C\C/C=C\C/C=C\CCCCCCC(=O)OCC(COC(=O)CCCCCCCCCCCC)OC(=O)CCCCCCCCCCCCCCCCCC. The Morgan fingerprint density at radius 3 is 0.836 bits per heavy atom. The van der Waals surface area contributed by atoms with E-state index in [4.69, 9.17) is 14.2 Å². The predicted octanol–water partition coefficient (Wildman–Crippen LogP) is 20.9. The van der Waals surface area contributed by atoms with Crippen molar-refractivity contribution in [1.29, 1.82) is 0 Å². The lowest BCUT2D eigenvalue weighted by atomic mass is 10.0. The molecule has 73 heavy (non-hydrogen) atoms. The van der Waals surface area contributed by atoms with Gasteiger partial charge in [-0.1, -0.05) is 285 Å². The Labute approximate surface area is 451 Å². The molecule has 0 aliphatic heterocycles. The molecule has 0 spiro atoms. The van der Waals surface area contributed by atoms with E-state index in [2.05, 4.69) is 118 Å². The van der Waals surface area contributed by atoms with Gasteiger partial charge >= 0.3 is 17.9 Å². The molecule has 6 heteroatoms. The van der Waals surface area contributed by atoms with E-state index in [9.17, 15) is 14.4 Å². The van der Waals surface area contributed by atoms with Crippen molar-refractivity contribution in [2.45, 2.75) is 297 Å². The topological polar surface area (TPSA) is 78.9 Å². The second-order valence-corrected chi connectivity index (χ2v) is 20.2. The van der Waals surface area contributed by atoms with Crippen molar-refractivity contribution in [3.05, 3.63) is 97.2 Å². The van der Waals surface area contributed by atoms with Crippen LogP contribution in [0.3, 0.4) is 0 Å². The Kier molecular flexibility index (Phi) is 57.8. The summed E-state index contributed by atoms with van der Waals surface area (Å²) in [5.41, 5.74) is 0. The molecule has 0 rings (SSSR count). The highest BCUT2D eigenvalue weighted by atomic mass is 16.6. The molecule has 0 aliphatic carbocycles. The van der Waals surface area contributed by atoms with Gasteiger partial charge in [0.1, 0.15) is 13.2 Å². The van der Waals surface area contributed by atoms with Crippen molar-refractivity contribution >= 4 is 17.9 Å². The van der Waals surface area contributed by atoms with Crippen molar-refractivity contribution < 1.29 is 28.6 Å². The van der Waals surface area contributed by atoms with Gasteiger partial charge in [0.05, 0.1) is 0 Å². The Bertz CT molecular complexity index is 1440. The number of ether oxygens (including phenoxy) is 3. The fraction of sp³-hybridized carbons (Fsp3) is 0.716. The number of rotatable bonds is 55. The van der Waals surface area contributed by atoms with Gasteiger partial charge < -0.3 is 14.2 Å². The van der Waals surface area contributed by atoms with Crippen LogP contribution in [0.4, 0.5) is 0 Å². The lowest BCUT2D eigenvalue weighted by molar-refractivity contribution is -0.167. The van der Waals surface area contributed by atoms with Crippen LogP contribution in [0.25, 0.3) is 0 Å². The normalized spacial score (nSPS) is 12.8. The number of unbranched alkanes of at least 4 members (excludes halogenated alkanes) is 28. The molecular weight excluding hydrogens is 901 g/mol. The summed E-state index contributed by atoms with van der Waals surface area (Å²) in [5.74, 6) is -0.901. The lowest BCUT2D eigenvalue weighted by Gasteiger charge is -2.18. The van der Waals surface area contributed by atoms with Crippen molar-refractivity contribution in [3.63, 3.8) is 0 Å². The van der Waals surface area contributed by atoms with Gasteiger partial charge in [0.15, 0.2) is 6.10 Å². The van der Waals surface area contributed by atoms with Gasteiger partial charge in [0, 0.05) is 19.3 Å². The van der Waals surface area contributed by atoms with E-state index in [1.807, 2.05) is 0 Å². The van der Waals surface area contributed by atoms with E-state index in [0.717, 1.165) is 122 Å². The van der Waals surface area contributed by atoms with Gasteiger partial charge in [-0.05, 0) is 83.5 Å². The first-order chi connectivity index (χ1) is 36.0. The highest BCUT2D eigenvalue weighted by Gasteiger charge is 2.19. The summed E-state index contributed by atoms with van der Waals surface area (Å²) in [4.78, 5) is 38.1. The molecule has 0 aromatic carbocycles. The van der Waals surface area contributed by atoms with Crippen molar-refractivity contribution in [1.82, 2.24) is 0 Å². The minimum Gasteiger partial charge on any atom is -0.462 e. The third kappa shape index (κ3) is 59.1. The molecule has 6 nitrogen and oxygen atoms in total. The zero-order valence-electron chi connectivity index (χ0n) is 47.9. The minimum absolute atomic E-state index is 0.0820. The van der Waals surface area contributed by atoms with Crippen LogP contribution in [-0.4, -0.2) is 37.2 Å². The lowest BCUT2D eigenvalue weighted by Crippen LogP contribution is -2.30. The second-order valence-electron chi connectivity index (χ2n) is 20.2. The monoisotopic (exact) mass is 1010 g/mol. The van der Waals surface area contributed by atoms with Gasteiger partial charge in [-0.3, -0.25) is 14.4 Å². The average Bonchev–Trinajstić information content (AvgIpc) is 3.39. The number of allylic oxidation sites excluding steroid dienone is 16. The van der Waals surface area contributed by atoms with Crippen LogP contribution in [0.1, 0.15) is 290 Å². The van der Waals surface area contributed by atoms with Crippen molar-refractivity contribution in [2.24, 2.45) is 0 Å². The third-order valence-electron chi connectivity index (χ3n) is 13.1. The maximum Gasteiger partial charge on any atom is 0.306 e. The Hall–Kier alpha value is -3.67. The van der Waals surface area contributed by atoms with Crippen LogP contribution >= 0.6 is 0 Å². The first kappa shape index (κ1) is 69.3. The van der Waals surface area contributed by atoms with Gasteiger partial charge in [0.2, 0.25) is 0 Å². The molecular formula is C67H114O6. The van der Waals surface area contributed by atoms with Crippen LogP contribution < -0.4 is 0 Å². The van der Waals surface area contributed by atoms with Crippen molar-refractivity contribution in [2.75, 3.05) is 13.2 Å². The number of carbonyl (C=O) groups excluding carboxylic acids is 3. The number of hydrogen-bond acceptors (Lipinski definition) is 6. The zero-order valence-corrected chi connectivity index (χ0v) is 47.9. The quantitative estimate of drug-likeness (QED) is 0.0261. The first-order valence-electron chi connectivity index (χ1n) is 30.7. The van der Waals surface area contributed by atoms with Crippen LogP contribution in [0.15, 0.2) is 97.2 Å². The predicted molar refractivity (Wildman–Crippen MR) is 316 cm³/mol. The van der Waals surface area contributed by atoms with Crippen LogP contribution in [0, 0.1) is 0 Å². The zero-order chi connectivity index (χ0) is 52.9. The molecule has 0 fully saturated rings. The second kappa shape index (κ2) is 60.9. The van der Waals surface area contributed by atoms with Gasteiger partial charge in [-0.2, -0.15) is 0 Å². The molecule has 0 saturated carbocycles. The molecule has 0 N–H and O–H groups in total. The van der Waals surface area contributed by atoms with Crippen LogP contribution in [0.5, 0.6) is 0 Å². The van der Waals surface area contributed by atoms with E-state index in [-0.39, 0.29) is 31.1 Å². The summed E-state index contributed by atoms with van der Waals surface area (Å²) in [6.45, 7) is 6.51. The van der Waals surface area contributed by atoms with Gasteiger partial charge in [-0.15, -0.1) is 0 Å². The Balaban J connectivity index is 4.30. The first-order valence-corrected chi connectivity index (χ1v) is 30.7. The number of esters is 3. The summed E-state index contributed by atoms with van der Waals surface area (Å²) < 4.78 is 16.8. The van der Waals surface area contributed by atoms with Gasteiger partial charge in [0.25, 0.3) is 0 Å². The third-order valence-corrected chi connectivity index (χ3v) is 13.1. The maximum atomic E-state index is 12.9. The molecule has 418 valence electrons. The molecule has 1 unspecified atom stereocenters. The molecule has 1 atom stereocenters. The van der Waals surface area contributed by atoms with E-state index >= 15 is 0 Å². The fourth-order valence-corrected chi connectivity index (χ4v) is 8.52. The average molecular weight is 1020 g/mol. The molecule has 0 heterocycles. The fourth-order valence-electron chi connectivity index (χ4n) is 8.52. The molecule has 0 amide bonds. The number of hydrogen-bond donors (Lipinski definition) is 0. The molecule has 0 saturated heterocycles. The van der Waals surface area contributed by atoms with Crippen molar-refractivity contribution in [3.8, 4) is 0 Å². The minimum atomic E-state index is -0.785. The summed E-state index contributed by atoms with van der Waals surface area (Å²) in [6, 6.07) is 0. The Morgan fingerprint density at radius 2 is 0.534 bits per heavy atom. The van der Waals surface area contributed by atoms with E-state index < -0.39 is 6.10 Å². The van der Waals surface area contributed by atoms with E-state index in [1.165, 1.54) is 128 Å². The molecule has 0 aromatic heterocycles. The molecule has 0 bridgehead atoms. The van der Waals surface area contributed by atoms with Crippen LogP contribution in [-0.2, 0) is 28.6 Å². The van der Waals surface area contributed by atoms with Crippen LogP contribution in [0.2, 0.25) is 0 Å². The van der Waals surface area contributed by atoms with E-state index in [0.29, 0.717) is 19.3 Å². The standard InChI is InChI=1S/C67H114O6/c1-4-7-10-13-16-19-22-24-26-28-29-30-31-32-33-34-35-36-37-38-39-40-42-43-45-48-51-54-57-60-66(69)72-63-64(62-71-65(68)59-56-53-50-47-21-18-15-12-9-6-3)73-67(70)61-58-55-52-49-46-44-41-27-25-23-20-17-14-11-8-5-2/h7,10,16,19,24,26,29-30,32-33,35-36,38-39,42-43,64H,4-6,8-9,11-15,17-18,20-23,25,27-28,31,34,37,40-41,44-63H2,1-3H3/b10-7-,19-16-,26-24-,30-29-,33-32-,36-35-,39-38-,43-42-. The summed E-state index contributed by atoms with van der Waals surface area (Å²) in [7, 11) is 0. The smallest absolute Gasteiger partial charge is 0.306 e. The highest BCUT2D eigenvalue weighted by Crippen LogP contribution is 2.16. The molecule has 0 radical (unpaired) electrons. The summed E-state index contributed by atoms with van der Waals surface area (Å²) in [6.07, 6.45) is 81.2. The maximum absolute atomic E-state index is 12.9. The summed E-state index contributed by atoms with van der Waals surface area (Å²) in [5, 5.41) is 0. The van der Waals surface area contributed by atoms with E-state index in [1.54, 1.807) is 0 Å². The Morgan fingerprint density at radius 1 is 0.288 bits per heavy atom. The largest absolute Gasteiger partial charge is 0.462 e. The molecule has 0 aliphatic rings. The van der Waals surface area contributed by atoms with Gasteiger partial charge in [-0.25, -0.2) is 0 Å². The summed E-state index contributed by atoms with van der Waals surface area (Å²) >= 11 is 0. The highest BCUT2D eigenvalue weighted by molar-refractivity contribution is 5.71. The molecule has 0 aromatic rings. The number of carbonyl (C=O) groups is 3.